The zero-order chi connectivity index (χ0) is 19.8. The van der Waals surface area contributed by atoms with E-state index in [9.17, 15) is 5.26 Å². The van der Waals surface area contributed by atoms with Crippen LogP contribution in [-0.4, -0.2) is 9.78 Å². The van der Waals surface area contributed by atoms with E-state index in [0.29, 0.717) is 11.5 Å². The van der Waals surface area contributed by atoms with E-state index in [1.54, 1.807) is 4.68 Å². The second-order valence-corrected chi connectivity index (χ2v) is 7.34. The van der Waals surface area contributed by atoms with Crippen molar-refractivity contribution in [1.29, 1.82) is 5.26 Å². The topological polar surface area (TPSA) is 76.9 Å². The molecule has 28 heavy (non-hydrogen) atoms. The molecule has 4 rings (SSSR count). The van der Waals surface area contributed by atoms with Crippen molar-refractivity contribution < 1.29 is 4.74 Å². The number of ether oxygens (including phenoxy) is 1. The number of aryl methyl sites for hydroxylation is 1. The third-order valence-corrected chi connectivity index (χ3v) is 5.03. The summed E-state index contributed by atoms with van der Waals surface area (Å²) in [6, 6.07) is 20.3. The number of nitrogens with two attached hydrogens (primary N) is 1. The zero-order valence-corrected chi connectivity index (χ0v) is 16.2. The van der Waals surface area contributed by atoms with Crippen LogP contribution in [0.2, 0.25) is 0 Å². The lowest BCUT2D eigenvalue weighted by atomic mass is 9.82. The molecule has 5 nitrogen and oxygen atoms in total. The summed E-state index contributed by atoms with van der Waals surface area (Å²) in [5, 5.41) is 14.7. The molecule has 1 aromatic heterocycles. The molecule has 0 amide bonds. The van der Waals surface area contributed by atoms with E-state index in [1.165, 1.54) is 0 Å². The highest BCUT2D eigenvalue weighted by atomic mass is 16.5. The zero-order valence-electron chi connectivity index (χ0n) is 16.2. The number of para-hydroxylation sites is 1. The number of aromatic nitrogens is 2. The van der Waals surface area contributed by atoms with Crippen LogP contribution < -0.4 is 10.5 Å². The summed E-state index contributed by atoms with van der Waals surface area (Å²) >= 11 is 0. The Hall–Kier alpha value is -3.52. The molecular formula is C23H22N4O. The maximum Gasteiger partial charge on any atom is 0.229 e. The third kappa shape index (κ3) is 2.84. The van der Waals surface area contributed by atoms with E-state index >= 15 is 0 Å². The fourth-order valence-corrected chi connectivity index (χ4v) is 3.63. The van der Waals surface area contributed by atoms with Gasteiger partial charge >= 0.3 is 0 Å². The Morgan fingerprint density at radius 2 is 1.79 bits per heavy atom. The van der Waals surface area contributed by atoms with Crippen LogP contribution in [0.4, 0.5) is 0 Å². The molecule has 1 aliphatic heterocycles. The fourth-order valence-electron chi connectivity index (χ4n) is 3.63. The van der Waals surface area contributed by atoms with E-state index in [2.05, 4.69) is 19.9 Å². The quantitative estimate of drug-likeness (QED) is 0.735. The van der Waals surface area contributed by atoms with Gasteiger partial charge in [-0.05, 0) is 30.5 Å². The fraction of sp³-hybridized carbons (Fsp3) is 0.217. The number of nitriles is 1. The number of rotatable bonds is 3. The van der Waals surface area contributed by atoms with Crippen molar-refractivity contribution >= 4 is 0 Å². The van der Waals surface area contributed by atoms with Crippen molar-refractivity contribution in [3.8, 4) is 17.6 Å². The minimum Gasteiger partial charge on any atom is -0.422 e. The van der Waals surface area contributed by atoms with Gasteiger partial charge in [-0.25, -0.2) is 4.68 Å². The van der Waals surface area contributed by atoms with Gasteiger partial charge in [0.15, 0.2) is 0 Å². The van der Waals surface area contributed by atoms with E-state index in [1.807, 2.05) is 61.5 Å². The van der Waals surface area contributed by atoms with Crippen LogP contribution in [0.3, 0.4) is 0 Å². The van der Waals surface area contributed by atoms with Crippen LogP contribution in [0.15, 0.2) is 66.1 Å². The summed E-state index contributed by atoms with van der Waals surface area (Å²) in [6.45, 7) is 6.23. The normalized spacial score (nSPS) is 15.9. The Labute approximate surface area is 164 Å². The van der Waals surface area contributed by atoms with Crippen LogP contribution in [0.5, 0.6) is 5.88 Å². The Morgan fingerprint density at radius 1 is 1.11 bits per heavy atom. The Morgan fingerprint density at radius 3 is 2.39 bits per heavy atom. The highest BCUT2D eigenvalue weighted by Gasteiger charge is 2.37. The summed E-state index contributed by atoms with van der Waals surface area (Å²) in [5.74, 6) is 0.573. The molecule has 0 spiro atoms. The molecule has 0 saturated carbocycles. The average molecular weight is 370 g/mol. The van der Waals surface area contributed by atoms with Gasteiger partial charge in [-0.1, -0.05) is 61.9 Å². The predicted octanol–water partition coefficient (Wildman–Crippen LogP) is 4.52. The molecule has 0 fully saturated rings. The van der Waals surface area contributed by atoms with Crippen LogP contribution >= 0.6 is 0 Å². The summed E-state index contributed by atoms with van der Waals surface area (Å²) in [7, 11) is 0. The Kier molecular flexibility index (Phi) is 4.40. The van der Waals surface area contributed by atoms with Gasteiger partial charge in [-0.15, -0.1) is 0 Å². The van der Waals surface area contributed by atoms with E-state index < -0.39 is 0 Å². The molecule has 140 valence electrons. The second kappa shape index (κ2) is 6.90. The molecule has 0 saturated heterocycles. The van der Waals surface area contributed by atoms with Gasteiger partial charge in [0.1, 0.15) is 11.6 Å². The molecule has 1 atom stereocenters. The van der Waals surface area contributed by atoms with Crippen molar-refractivity contribution in [1.82, 2.24) is 9.78 Å². The molecule has 3 aromatic rings. The standard InChI is InChI=1S/C23H22N4O/c1-14(2)21-20-19(16-11-9-15(3)10-12-16)18(13-24)22(25)28-23(20)27(26-21)17-7-5-4-6-8-17/h4-12,14,19H,25H2,1-3H3. The highest BCUT2D eigenvalue weighted by molar-refractivity contribution is 5.58. The van der Waals surface area contributed by atoms with Crippen molar-refractivity contribution in [3.63, 3.8) is 0 Å². The number of allylic oxidation sites excluding steroid dienone is 1. The van der Waals surface area contributed by atoms with Gasteiger partial charge in [0.2, 0.25) is 11.8 Å². The maximum absolute atomic E-state index is 9.83. The molecule has 2 aromatic carbocycles. The monoisotopic (exact) mass is 370 g/mol. The van der Waals surface area contributed by atoms with Crippen LogP contribution in [-0.2, 0) is 0 Å². The summed E-state index contributed by atoms with van der Waals surface area (Å²) in [5.41, 5.74) is 11.5. The predicted molar refractivity (Wildman–Crippen MR) is 108 cm³/mol. The van der Waals surface area contributed by atoms with Gasteiger partial charge in [0.25, 0.3) is 0 Å². The summed E-state index contributed by atoms with van der Waals surface area (Å²) in [6.07, 6.45) is 0. The molecule has 0 bridgehead atoms. The minimum absolute atomic E-state index is 0.132. The molecule has 0 aliphatic carbocycles. The lowest BCUT2D eigenvalue weighted by Crippen LogP contribution is -2.22. The molecule has 5 heteroatoms. The maximum atomic E-state index is 9.83. The first-order valence-corrected chi connectivity index (χ1v) is 9.33. The highest BCUT2D eigenvalue weighted by Crippen LogP contribution is 2.46. The summed E-state index contributed by atoms with van der Waals surface area (Å²) < 4.78 is 7.75. The van der Waals surface area contributed by atoms with Crippen LogP contribution in [0.25, 0.3) is 5.69 Å². The molecule has 2 N–H and O–H groups in total. The number of hydrogen-bond acceptors (Lipinski definition) is 4. The Balaban J connectivity index is 2.01. The van der Waals surface area contributed by atoms with Gasteiger partial charge in [-0.2, -0.15) is 10.4 Å². The van der Waals surface area contributed by atoms with Crippen LogP contribution in [0.1, 0.15) is 48.1 Å². The van der Waals surface area contributed by atoms with Crippen molar-refractivity contribution in [2.45, 2.75) is 32.6 Å². The van der Waals surface area contributed by atoms with Gasteiger partial charge in [0.05, 0.1) is 22.9 Å². The lowest BCUT2D eigenvalue weighted by Gasteiger charge is -2.25. The largest absolute Gasteiger partial charge is 0.422 e. The Bertz CT molecular complexity index is 1090. The number of fused-ring (bicyclic) bond motifs is 1. The molecule has 0 radical (unpaired) electrons. The lowest BCUT2D eigenvalue weighted by molar-refractivity contribution is 0.367. The second-order valence-electron chi connectivity index (χ2n) is 7.34. The number of benzene rings is 2. The third-order valence-electron chi connectivity index (χ3n) is 5.03. The smallest absolute Gasteiger partial charge is 0.229 e. The molecular weight excluding hydrogens is 348 g/mol. The first-order chi connectivity index (χ1) is 13.5. The van der Waals surface area contributed by atoms with Gasteiger partial charge in [-0.3, -0.25) is 0 Å². The average Bonchev–Trinajstić information content (AvgIpc) is 3.07. The first kappa shape index (κ1) is 17.9. The van der Waals surface area contributed by atoms with Gasteiger partial charge < -0.3 is 10.5 Å². The SMILES string of the molecule is Cc1ccc(C2C(C#N)=C(N)Oc3c2c(C(C)C)nn3-c2ccccc2)cc1. The minimum atomic E-state index is -0.302. The number of nitrogens with zero attached hydrogens (tertiary/aromatic N) is 3. The van der Waals surface area contributed by atoms with E-state index in [0.717, 1.165) is 28.1 Å². The van der Waals surface area contributed by atoms with E-state index in [4.69, 9.17) is 15.6 Å². The van der Waals surface area contributed by atoms with Gasteiger partial charge in [0, 0.05) is 0 Å². The first-order valence-electron chi connectivity index (χ1n) is 9.33. The molecule has 2 heterocycles. The molecule has 1 aliphatic rings. The van der Waals surface area contributed by atoms with Crippen molar-refractivity contribution in [3.05, 3.63) is 88.4 Å². The van der Waals surface area contributed by atoms with E-state index in [-0.39, 0.29) is 17.7 Å². The van der Waals surface area contributed by atoms with Crippen molar-refractivity contribution in [2.24, 2.45) is 5.73 Å². The number of hydrogen-bond donors (Lipinski definition) is 1. The molecule has 1 unspecified atom stereocenters. The van der Waals surface area contributed by atoms with Crippen molar-refractivity contribution in [2.75, 3.05) is 0 Å². The summed E-state index contributed by atoms with van der Waals surface area (Å²) in [4.78, 5) is 0. The van der Waals surface area contributed by atoms with Crippen LogP contribution in [0, 0.1) is 18.3 Å².